The summed E-state index contributed by atoms with van der Waals surface area (Å²) >= 11 is 0. The van der Waals surface area contributed by atoms with Gasteiger partial charge in [-0.1, -0.05) is 6.07 Å². The highest BCUT2D eigenvalue weighted by molar-refractivity contribution is 5.94. The molecule has 1 aromatic carbocycles. The smallest absolute Gasteiger partial charge is 0.369 e. The number of hydrogen-bond acceptors (Lipinski definition) is 5. The van der Waals surface area contributed by atoms with Gasteiger partial charge in [-0.25, -0.2) is 22.7 Å². The van der Waals surface area contributed by atoms with Crippen molar-refractivity contribution in [1.82, 2.24) is 25.2 Å². The fourth-order valence-corrected chi connectivity index (χ4v) is 4.46. The van der Waals surface area contributed by atoms with Crippen molar-refractivity contribution in [3.8, 4) is 0 Å². The van der Waals surface area contributed by atoms with Gasteiger partial charge in [0.15, 0.2) is 11.9 Å². The van der Waals surface area contributed by atoms with Crippen LogP contribution in [-0.4, -0.2) is 43.6 Å². The number of imidazole rings is 1. The average molecular weight is 557 g/mol. The van der Waals surface area contributed by atoms with E-state index in [-0.39, 0.29) is 48.2 Å². The van der Waals surface area contributed by atoms with Crippen molar-refractivity contribution in [3.63, 3.8) is 0 Å². The van der Waals surface area contributed by atoms with Gasteiger partial charge in [-0.05, 0) is 43.0 Å². The predicted octanol–water partition coefficient (Wildman–Crippen LogP) is 4.61. The third-order valence-corrected chi connectivity index (χ3v) is 6.53. The molecule has 2 heterocycles. The second kappa shape index (κ2) is 11.2. The molecule has 14 heteroatoms. The number of alkyl halides is 5. The van der Waals surface area contributed by atoms with Crippen LogP contribution in [0.3, 0.4) is 0 Å². The summed E-state index contributed by atoms with van der Waals surface area (Å²) in [6.07, 6.45) is -6.31. The molecule has 2 amide bonds. The van der Waals surface area contributed by atoms with Gasteiger partial charge < -0.3 is 15.7 Å². The Morgan fingerprint density at radius 1 is 1.15 bits per heavy atom. The number of nitrogens with zero attached hydrogens (tertiary/aromatic N) is 3. The number of aliphatic hydroxyl groups excluding tert-OH is 1. The number of nitrogens with one attached hydrogen (secondary N) is 2. The SMILES string of the molecule is O=C(CCC(F)(F)F)N[C@H](O)c1cnn2cc([C@@H](NC(=O)c3cccc(F)c3)C3CCC(F)(F)CC3)nc2c1. The Bertz CT molecular complexity index is 1340. The van der Waals surface area contributed by atoms with Crippen LogP contribution in [0.25, 0.3) is 5.65 Å². The van der Waals surface area contributed by atoms with E-state index in [1.807, 2.05) is 0 Å². The summed E-state index contributed by atoms with van der Waals surface area (Å²) in [5.41, 5.74) is 0.521. The molecule has 210 valence electrons. The zero-order valence-electron chi connectivity index (χ0n) is 20.4. The third-order valence-electron chi connectivity index (χ3n) is 6.53. The van der Waals surface area contributed by atoms with Crippen LogP contribution in [0, 0.1) is 11.7 Å². The quantitative estimate of drug-likeness (QED) is 0.277. The van der Waals surface area contributed by atoms with Crippen molar-refractivity contribution in [2.75, 3.05) is 0 Å². The minimum absolute atomic E-state index is 0.0368. The van der Waals surface area contributed by atoms with Crippen LogP contribution < -0.4 is 10.6 Å². The number of amides is 2. The monoisotopic (exact) mass is 557 g/mol. The largest absolute Gasteiger partial charge is 0.389 e. The summed E-state index contributed by atoms with van der Waals surface area (Å²) in [6, 6.07) is 5.51. The van der Waals surface area contributed by atoms with Crippen molar-refractivity contribution in [2.45, 2.75) is 62.9 Å². The number of fused-ring (bicyclic) bond motifs is 1. The lowest BCUT2D eigenvalue weighted by Crippen LogP contribution is -2.37. The highest BCUT2D eigenvalue weighted by Crippen LogP contribution is 2.41. The molecule has 3 N–H and O–H groups in total. The highest BCUT2D eigenvalue weighted by atomic mass is 19.4. The van der Waals surface area contributed by atoms with E-state index in [1.165, 1.54) is 41.2 Å². The zero-order valence-corrected chi connectivity index (χ0v) is 20.4. The van der Waals surface area contributed by atoms with Gasteiger partial charge in [-0.15, -0.1) is 0 Å². The average Bonchev–Trinajstić information content (AvgIpc) is 3.29. The second-order valence-corrected chi connectivity index (χ2v) is 9.50. The number of aliphatic hydroxyl groups is 1. The first-order valence-electron chi connectivity index (χ1n) is 12.1. The van der Waals surface area contributed by atoms with Gasteiger partial charge in [0.05, 0.1) is 30.6 Å². The van der Waals surface area contributed by atoms with E-state index < -0.39 is 60.8 Å². The Hall–Kier alpha value is -3.68. The molecule has 4 rings (SSSR count). The molecule has 1 saturated carbocycles. The van der Waals surface area contributed by atoms with Crippen LogP contribution >= 0.6 is 0 Å². The highest BCUT2D eigenvalue weighted by Gasteiger charge is 2.39. The van der Waals surface area contributed by atoms with E-state index >= 15 is 0 Å². The lowest BCUT2D eigenvalue weighted by Gasteiger charge is -2.33. The standard InChI is InChI=1S/C25H25F6N5O3/c26-17-3-1-2-15(10-17)22(38)35-21(14-4-7-24(27,28)8-5-14)18-13-36-19(33-18)11-16(12-32-36)23(39)34-20(37)6-9-25(29,30)31/h1-3,10-14,21,23,39H,4-9H2,(H,34,37)(H,35,38)/t21-,23+/m0/s1. The first-order valence-corrected chi connectivity index (χ1v) is 12.1. The van der Waals surface area contributed by atoms with Crippen LogP contribution in [0.1, 0.15) is 72.4 Å². The number of benzene rings is 1. The molecule has 0 spiro atoms. The molecule has 1 aliphatic carbocycles. The number of carbonyl (C=O) groups excluding carboxylic acids is 2. The second-order valence-electron chi connectivity index (χ2n) is 9.50. The fourth-order valence-electron chi connectivity index (χ4n) is 4.46. The molecule has 2 atom stereocenters. The minimum Gasteiger partial charge on any atom is -0.369 e. The summed E-state index contributed by atoms with van der Waals surface area (Å²) < 4.78 is 79.6. The topological polar surface area (TPSA) is 109 Å². The summed E-state index contributed by atoms with van der Waals surface area (Å²) in [5.74, 6) is -5.49. The van der Waals surface area contributed by atoms with Crippen LogP contribution in [0.4, 0.5) is 26.3 Å². The summed E-state index contributed by atoms with van der Waals surface area (Å²) in [6.45, 7) is 0. The molecular weight excluding hydrogens is 532 g/mol. The maximum atomic E-state index is 13.8. The summed E-state index contributed by atoms with van der Waals surface area (Å²) in [5, 5.41) is 19.2. The first kappa shape index (κ1) is 28.3. The Morgan fingerprint density at radius 3 is 2.54 bits per heavy atom. The molecule has 39 heavy (non-hydrogen) atoms. The molecule has 1 aliphatic rings. The Morgan fingerprint density at radius 2 is 1.87 bits per heavy atom. The van der Waals surface area contributed by atoms with Crippen molar-refractivity contribution in [1.29, 1.82) is 0 Å². The fraction of sp³-hybridized carbons (Fsp3) is 0.440. The number of carbonyl (C=O) groups is 2. The van der Waals surface area contributed by atoms with Gasteiger partial charge in [0, 0.05) is 30.4 Å². The van der Waals surface area contributed by atoms with Gasteiger partial charge in [-0.2, -0.15) is 18.3 Å². The Kier molecular flexibility index (Phi) is 8.14. The third kappa shape index (κ3) is 7.46. The molecule has 2 aromatic heterocycles. The van der Waals surface area contributed by atoms with E-state index in [9.17, 15) is 41.0 Å². The predicted molar refractivity (Wildman–Crippen MR) is 125 cm³/mol. The van der Waals surface area contributed by atoms with Crippen LogP contribution in [0.15, 0.2) is 42.7 Å². The van der Waals surface area contributed by atoms with Crippen molar-refractivity contribution in [2.24, 2.45) is 5.92 Å². The van der Waals surface area contributed by atoms with Gasteiger partial charge in [0.1, 0.15) is 5.82 Å². The normalized spacial score (nSPS) is 17.5. The van der Waals surface area contributed by atoms with Crippen molar-refractivity contribution < 1.29 is 41.0 Å². The molecule has 0 radical (unpaired) electrons. The number of aromatic nitrogens is 3. The maximum Gasteiger partial charge on any atom is 0.389 e. The molecule has 0 aliphatic heterocycles. The van der Waals surface area contributed by atoms with Gasteiger partial charge in [-0.3, -0.25) is 9.59 Å². The lowest BCUT2D eigenvalue weighted by atomic mass is 9.81. The lowest BCUT2D eigenvalue weighted by molar-refractivity contribution is -0.145. The maximum absolute atomic E-state index is 13.8. The number of rotatable bonds is 8. The van der Waals surface area contributed by atoms with Crippen molar-refractivity contribution in [3.05, 3.63) is 65.4 Å². The van der Waals surface area contributed by atoms with E-state index in [1.54, 1.807) is 0 Å². The summed E-state index contributed by atoms with van der Waals surface area (Å²) in [7, 11) is 0. The van der Waals surface area contributed by atoms with Crippen LogP contribution in [0.2, 0.25) is 0 Å². The number of hydrogen-bond donors (Lipinski definition) is 3. The van der Waals surface area contributed by atoms with E-state index in [2.05, 4.69) is 20.7 Å². The van der Waals surface area contributed by atoms with Gasteiger partial charge in [0.2, 0.25) is 11.8 Å². The molecule has 1 fully saturated rings. The van der Waals surface area contributed by atoms with E-state index in [4.69, 9.17) is 0 Å². The van der Waals surface area contributed by atoms with E-state index in [0.29, 0.717) is 0 Å². The van der Waals surface area contributed by atoms with Gasteiger partial charge >= 0.3 is 6.18 Å². The van der Waals surface area contributed by atoms with E-state index in [0.717, 1.165) is 6.07 Å². The summed E-state index contributed by atoms with van der Waals surface area (Å²) in [4.78, 5) is 29.1. The Balaban J connectivity index is 1.56. The molecule has 0 saturated heterocycles. The molecule has 3 aromatic rings. The molecule has 8 nitrogen and oxygen atoms in total. The number of halogens is 6. The zero-order chi connectivity index (χ0) is 28.4. The molecule has 0 bridgehead atoms. The first-order chi connectivity index (χ1) is 18.3. The van der Waals surface area contributed by atoms with Crippen molar-refractivity contribution >= 4 is 17.5 Å². The minimum atomic E-state index is -4.52. The Labute approximate surface area is 218 Å². The van der Waals surface area contributed by atoms with Crippen LogP contribution in [0.5, 0.6) is 0 Å². The molecule has 0 unspecified atom stereocenters. The van der Waals surface area contributed by atoms with Gasteiger partial charge in [0.25, 0.3) is 5.91 Å². The molecular formula is C25H25F6N5O3. The van der Waals surface area contributed by atoms with Crippen LogP contribution in [-0.2, 0) is 4.79 Å².